The molecule has 23 heavy (non-hydrogen) atoms. The molecular formula is C18H25ClN2O2. The molecule has 0 aliphatic heterocycles. The van der Waals surface area contributed by atoms with Crippen LogP contribution in [0, 0.1) is 0 Å². The summed E-state index contributed by atoms with van der Waals surface area (Å²) in [5.74, 6) is 0. The van der Waals surface area contributed by atoms with E-state index in [1.807, 2.05) is 12.1 Å². The molecule has 0 saturated carbocycles. The van der Waals surface area contributed by atoms with Crippen molar-refractivity contribution in [3.05, 3.63) is 34.5 Å². The van der Waals surface area contributed by atoms with Gasteiger partial charge in [-0.3, -0.25) is 0 Å². The lowest BCUT2D eigenvalue weighted by molar-refractivity contribution is 0.151. The van der Waals surface area contributed by atoms with E-state index in [1.165, 1.54) is 29.5 Å². The van der Waals surface area contributed by atoms with E-state index < -0.39 is 6.10 Å². The number of aromatic nitrogens is 1. The van der Waals surface area contributed by atoms with Gasteiger partial charge in [-0.15, -0.1) is 0 Å². The number of rotatable bonds is 7. The van der Waals surface area contributed by atoms with Gasteiger partial charge in [-0.2, -0.15) is 0 Å². The molecule has 0 radical (unpaired) electrons. The lowest BCUT2D eigenvalue weighted by Crippen LogP contribution is -2.31. The number of para-hydroxylation sites is 1. The van der Waals surface area contributed by atoms with Gasteiger partial charge in [0.1, 0.15) is 0 Å². The first kappa shape index (κ1) is 16.8. The third-order valence-corrected chi connectivity index (χ3v) is 4.94. The molecular weight excluding hydrogens is 312 g/mol. The van der Waals surface area contributed by atoms with Crippen LogP contribution in [-0.4, -0.2) is 40.6 Å². The topological polar surface area (TPSA) is 57.4 Å². The van der Waals surface area contributed by atoms with Crippen LogP contribution in [0.25, 0.3) is 10.9 Å². The van der Waals surface area contributed by atoms with Gasteiger partial charge in [-0.1, -0.05) is 23.7 Å². The molecule has 1 aliphatic carbocycles. The molecule has 0 saturated heterocycles. The zero-order chi connectivity index (χ0) is 16.2. The Kier molecular flexibility index (Phi) is 5.59. The Bertz CT molecular complexity index is 669. The highest BCUT2D eigenvalue weighted by Gasteiger charge is 2.22. The van der Waals surface area contributed by atoms with Crippen LogP contribution in [-0.2, 0) is 19.4 Å². The number of halogens is 1. The monoisotopic (exact) mass is 336 g/mol. The number of hydrogen-bond donors (Lipinski definition) is 3. The first-order chi connectivity index (χ1) is 11.2. The molecule has 0 fully saturated rings. The quantitative estimate of drug-likeness (QED) is 0.681. The number of aliphatic hydroxyl groups is 2. The fourth-order valence-corrected chi connectivity index (χ4v) is 3.87. The van der Waals surface area contributed by atoms with E-state index >= 15 is 0 Å². The van der Waals surface area contributed by atoms with E-state index in [0.717, 1.165) is 29.9 Å². The molecule has 1 aromatic heterocycles. The Labute approximate surface area is 142 Å². The molecule has 0 amide bonds. The van der Waals surface area contributed by atoms with Gasteiger partial charge in [-0.05, 0) is 50.3 Å². The fourth-order valence-electron chi connectivity index (χ4n) is 3.60. The molecule has 4 nitrogen and oxygen atoms in total. The second-order valence-corrected chi connectivity index (χ2v) is 6.72. The summed E-state index contributed by atoms with van der Waals surface area (Å²) in [7, 11) is 0. The van der Waals surface area contributed by atoms with Crippen molar-refractivity contribution in [3.63, 3.8) is 0 Å². The van der Waals surface area contributed by atoms with Gasteiger partial charge in [0, 0.05) is 24.2 Å². The zero-order valence-corrected chi connectivity index (χ0v) is 14.1. The van der Waals surface area contributed by atoms with Crippen LogP contribution in [0.3, 0.4) is 0 Å². The molecule has 126 valence electrons. The Morgan fingerprint density at radius 2 is 2.09 bits per heavy atom. The van der Waals surface area contributed by atoms with Crippen LogP contribution >= 0.6 is 11.6 Å². The van der Waals surface area contributed by atoms with Crippen LogP contribution in [0.15, 0.2) is 18.2 Å². The third kappa shape index (κ3) is 3.56. The lowest BCUT2D eigenvalue weighted by atomic mass is 9.95. The minimum Gasteiger partial charge on any atom is -0.396 e. The molecule has 0 spiro atoms. The zero-order valence-electron chi connectivity index (χ0n) is 13.4. The number of nitrogens with one attached hydrogen (secondary N) is 1. The van der Waals surface area contributed by atoms with E-state index in [1.54, 1.807) is 0 Å². The van der Waals surface area contributed by atoms with Crippen molar-refractivity contribution in [2.24, 2.45) is 0 Å². The first-order valence-corrected chi connectivity index (χ1v) is 8.88. The Hall–Kier alpha value is -1.07. The van der Waals surface area contributed by atoms with Gasteiger partial charge >= 0.3 is 0 Å². The fraction of sp³-hybridized carbons (Fsp3) is 0.556. The summed E-state index contributed by atoms with van der Waals surface area (Å²) in [6.07, 6.45) is 4.83. The maximum atomic E-state index is 10.4. The van der Waals surface area contributed by atoms with Crippen molar-refractivity contribution in [3.8, 4) is 0 Å². The highest BCUT2D eigenvalue weighted by atomic mass is 35.5. The van der Waals surface area contributed by atoms with E-state index in [4.69, 9.17) is 16.7 Å². The van der Waals surface area contributed by atoms with Crippen LogP contribution in [0.1, 0.15) is 30.5 Å². The normalized spacial score (nSPS) is 15.8. The maximum absolute atomic E-state index is 10.4. The predicted molar refractivity (Wildman–Crippen MR) is 94.2 cm³/mol. The SMILES string of the molecule is OCCCNCC(O)Cn1c2c(c3cccc(Cl)c31)CCCC2. The van der Waals surface area contributed by atoms with Gasteiger partial charge in [0.2, 0.25) is 0 Å². The summed E-state index contributed by atoms with van der Waals surface area (Å²) in [5, 5.41) is 24.4. The van der Waals surface area contributed by atoms with Crippen molar-refractivity contribution in [1.29, 1.82) is 0 Å². The van der Waals surface area contributed by atoms with Crippen LogP contribution < -0.4 is 5.32 Å². The Morgan fingerprint density at radius 1 is 1.26 bits per heavy atom. The summed E-state index contributed by atoms with van der Waals surface area (Å²) in [4.78, 5) is 0. The number of nitrogens with zero attached hydrogens (tertiary/aromatic N) is 1. The van der Waals surface area contributed by atoms with Crippen LogP contribution in [0.4, 0.5) is 0 Å². The summed E-state index contributed by atoms with van der Waals surface area (Å²) in [6.45, 7) is 1.98. The van der Waals surface area contributed by atoms with Crippen molar-refractivity contribution in [2.75, 3.05) is 19.7 Å². The number of fused-ring (bicyclic) bond motifs is 3. The standard InChI is InChI=1S/C18H25ClN2O2/c19-16-7-3-6-15-14-5-1-2-8-17(14)21(18(15)16)12-13(23)11-20-9-4-10-22/h3,6-7,13,20,22-23H,1-2,4-5,8-12H2. The van der Waals surface area contributed by atoms with E-state index in [2.05, 4.69) is 16.0 Å². The predicted octanol–water partition coefficient (Wildman–Crippen LogP) is 2.51. The molecule has 1 heterocycles. The molecule has 3 N–H and O–H groups in total. The molecule has 1 unspecified atom stereocenters. The molecule has 1 atom stereocenters. The van der Waals surface area contributed by atoms with Gasteiger partial charge in [0.05, 0.1) is 23.2 Å². The van der Waals surface area contributed by atoms with Crippen molar-refractivity contribution in [2.45, 2.75) is 44.8 Å². The molecule has 2 aromatic rings. The van der Waals surface area contributed by atoms with Crippen LogP contribution in [0.2, 0.25) is 5.02 Å². The van der Waals surface area contributed by atoms with Crippen molar-refractivity contribution in [1.82, 2.24) is 9.88 Å². The molecule has 3 rings (SSSR count). The van der Waals surface area contributed by atoms with Gasteiger partial charge < -0.3 is 20.1 Å². The Balaban J connectivity index is 1.85. The second-order valence-electron chi connectivity index (χ2n) is 6.31. The molecule has 1 aromatic carbocycles. The molecule has 5 heteroatoms. The van der Waals surface area contributed by atoms with Crippen molar-refractivity contribution >= 4 is 22.5 Å². The summed E-state index contributed by atoms with van der Waals surface area (Å²) in [6, 6.07) is 6.09. The average molecular weight is 337 g/mol. The van der Waals surface area contributed by atoms with E-state index in [9.17, 15) is 5.11 Å². The van der Waals surface area contributed by atoms with E-state index in [-0.39, 0.29) is 6.61 Å². The minimum atomic E-state index is -0.466. The highest BCUT2D eigenvalue weighted by molar-refractivity contribution is 6.35. The Morgan fingerprint density at radius 3 is 2.91 bits per heavy atom. The number of benzene rings is 1. The highest BCUT2D eigenvalue weighted by Crippen LogP contribution is 2.35. The first-order valence-electron chi connectivity index (χ1n) is 8.50. The second kappa shape index (κ2) is 7.67. The molecule has 0 bridgehead atoms. The van der Waals surface area contributed by atoms with Crippen LogP contribution in [0.5, 0.6) is 0 Å². The van der Waals surface area contributed by atoms with Crippen molar-refractivity contribution < 1.29 is 10.2 Å². The smallest absolute Gasteiger partial charge is 0.0843 e. The number of aryl methyl sites for hydroxylation is 1. The summed E-state index contributed by atoms with van der Waals surface area (Å²) < 4.78 is 2.23. The lowest BCUT2D eigenvalue weighted by Gasteiger charge is -2.19. The third-order valence-electron chi connectivity index (χ3n) is 4.63. The summed E-state index contributed by atoms with van der Waals surface area (Å²) >= 11 is 6.47. The number of hydrogen-bond acceptors (Lipinski definition) is 3. The van der Waals surface area contributed by atoms with Gasteiger partial charge in [0.25, 0.3) is 0 Å². The van der Waals surface area contributed by atoms with Gasteiger partial charge in [-0.25, -0.2) is 0 Å². The van der Waals surface area contributed by atoms with E-state index in [0.29, 0.717) is 19.5 Å². The average Bonchev–Trinajstić information content (AvgIpc) is 2.87. The van der Waals surface area contributed by atoms with Gasteiger partial charge in [0.15, 0.2) is 0 Å². The minimum absolute atomic E-state index is 0.175. The maximum Gasteiger partial charge on any atom is 0.0843 e. The summed E-state index contributed by atoms with van der Waals surface area (Å²) in [5.41, 5.74) is 3.82. The number of aliphatic hydroxyl groups excluding tert-OH is 2. The molecule has 1 aliphatic rings. The largest absolute Gasteiger partial charge is 0.396 e.